The summed E-state index contributed by atoms with van der Waals surface area (Å²) in [6.45, 7) is 6.53. The molecule has 0 aliphatic carbocycles. The van der Waals surface area contributed by atoms with Crippen molar-refractivity contribution in [1.82, 2.24) is 9.88 Å². The first kappa shape index (κ1) is 11.2. The Morgan fingerprint density at radius 1 is 1.25 bits per heavy atom. The molecule has 0 bridgehead atoms. The number of aromatic nitrogens is 1. The molecule has 0 aliphatic heterocycles. The largest absolute Gasteiger partial charge is 0.347 e. The molecule has 0 aliphatic rings. The van der Waals surface area contributed by atoms with Crippen molar-refractivity contribution in [3.63, 3.8) is 0 Å². The van der Waals surface area contributed by atoms with Crippen LogP contribution in [0.4, 0.5) is 0 Å². The van der Waals surface area contributed by atoms with Crippen LogP contribution in [0.15, 0.2) is 30.5 Å². The third kappa shape index (κ3) is 2.27. The molecule has 2 rings (SSSR count). The van der Waals surface area contributed by atoms with Gasteiger partial charge in [0, 0.05) is 24.8 Å². The van der Waals surface area contributed by atoms with Crippen molar-refractivity contribution < 1.29 is 0 Å². The third-order valence-corrected chi connectivity index (χ3v) is 2.78. The van der Waals surface area contributed by atoms with Gasteiger partial charge in [-0.2, -0.15) is 0 Å². The molecular weight excluding hydrogens is 196 g/mol. The van der Waals surface area contributed by atoms with Crippen LogP contribution in [0, 0.1) is 5.92 Å². The van der Waals surface area contributed by atoms with Crippen LogP contribution in [0.25, 0.3) is 10.9 Å². The molecule has 0 unspecified atom stereocenters. The highest BCUT2D eigenvalue weighted by Crippen LogP contribution is 2.18. The molecule has 86 valence electrons. The minimum atomic E-state index is 0.684. The molecule has 0 fully saturated rings. The predicted octanol–water partition coefficient (Wildman–Crippen LogP) is 3.02. The molecule has 1 aromatic carbocycles. The lowest BCUT2D eigenvalue weighted by molar-refractivity contribution is 0.535. The second kappa shape index (κ2) is 4.71. The number of nitrogens with one attached hydrogen (secondary N) is 1. The van der Waals surface area contributed by atoms with Crippen molar-refractivity contribution in [1.29, 1.82) is 0 Å². The van der Waals surface area contributed by atoms with Crippen LogP contribution in [0.3, 0.4) is 0 Å². The molecule has 2 aromatic rings. The Balaban J connectivity index is 2.39. The summed E-state index contributed by atoms with van der Waals surface area (Å²) >= 11 is 0. The Hall–Kier alpha value is -1.28. The lowest BCUT2D eigenvalue weighted by Gasteiger charge is -2.09. The van der Waals surface area contributed by atoms with Crippen molar-refractivity contribution in [2.24, 2.45) is 5.92 Å². The van der Waals surface area contributed by atoms with Gasteiger partial charge in [-0.1, -0.05) is 26.0 Å². The van der Waals surface area contributed by atoms with E-state index in [1.54, 1.807) is 0 Å². The van der Waals surface area contributed by atoms with Gasteiger partial charge in [0.2, 0.25) is 0 Å². The van der Waals surface area contributed by atoms with E-state index in [2.05, 4.69) is 54.2 Å². The number of hydrogen-bond acceptors (Lipinski definition) is 1. The van der Waals surface area contributed by atoms with E-state index in [0.717, 1.165) is 13.1 Å². The van der Waals surface area contributed by atoms with Crippen molar-refractivity contribution >= 4 is 10.9 Å². The van der Waals surface area contributed by atoms with Gasteiger partial charge < -0.3 is 9.88 Å². The van der Waals surface area contributed by atoms with Crippen LogP contribution >= 0.6 is 0 Å². The molecule has 1 N–H and O–H groups in total. The van der Waals surface area contributed by atoms with Gasteiger partial charge >= 0.3 is 0 Å². The van der Waals surface area contributed by atoms with Crippen LogP contribution in [-0.2, 0) is 13.1 Å². The first-order chi connectivity index (χ1) is 7.70. The number of nitrogens with zero attached hydrogens (tertiary/aromatic N) is 1. The van der Waals surface area contributed by atoms with Crippen LogP contribution in [0.1, 0.15) is 19.4 Å². The summed E-state index contributed by atoms with van der Waals surface area (Å²) in [7, 11) is 1.98. The van der Waals surface area contributed by atoms with E-state index in [1.807, 2.05) is 7.05 Å². The minimum absolute atomic E-state index is 0.684. The minimum Gasteiger partial charge on any atom is -0.347 e. The van der Waals surface area contributed by atoms with Gasteiger partial charge in [-0.05, 0) is 36.0 Å². The number of fused-ring (bicyclic) bond motifs is 1. The third-order valence-electron chi connectivity index (χ3n) is 2.78. The second-order valence-corrected chi connectivity index (χ2v) is 4.79. The highest BCUT2D eigenvalue weighted by Gasteiger charge is 2.03. The predicted molar refractivity (Wildman–Crippen MR) is 69.5 cm³/mol. The Kier molecular flexibility index (Phi) is 3.30. The average molecular weight is 216 g/mol. The summed E-state index contributed by atoms with van der Waals surface area (Å²) in [6.07, 6.45) is 2.19. The van der Waals surface area contributed by atoms with Crippen LogP contribution in [-0.4, -0.2) is 11.6 Å². The molecule has 0 amide bonds. The molecular formula is C14H20N2. The second-order valence-electron chi connectivity index (χ2n) is 4.79. The first-order valence-electron chi connectivity index (χ1n) is 5.93. The summed E-state index contributed by atoms with van der Waals surface area (Å²) in [6, 6.07) is 8.88. The zero-order valence-corrected chi connectivity index (χ0v) is 10.3. The molecule has 1 heterocycles. The Labute approximate surface area is 97.3 Å². The fourth-order valence-corrected chi connectivity index (χ4v) is 2.10. The molecule has 0 saturated carbocycles. The molecule has 2 heteroatoms. The maximum atomic E-state index is 3.19. The molecule has 0 spiro atoms. The van der Waals surface area contributed by atoms with Crippen molar-refractivity contribution in [2.45, 2.75) is 26.9 Å². The van der Waals surface area contributed by atoms with E-state index in [4.69, 9.17) is 0 Å². The SMILES string of the molecule is CNCc1ccc2ccn(CC(C)C)c2c1. The molecule has 0 radical (unpaired) electrons. The van der Waals surface area contributed by atoms with Gasteiger partial charge in [-0.3, -0.25) is 0 Å². The fraction of sp³-hybridized carbons (Fsp3) is 0.429. The van der Waals surface area contributed by atoms with Crippen LogP contribution < -0.4 is 5.32 Å². The lowest BCUT2D eigenvalue weighted by Crippen LogP contribution is -2.06. The number of benzene rings is 1. The quantitative estimate of drug-likeness (QED) is 0.831. The Bertz CT molecular complexity index is 469. The molecule has 16 heavy (non-hydrogen) atoms. The summed E-state index contributed by atoms with van der Waals surface area (Å²) in [5, 5.41) is 4.53. The van der Waals surface area contributed by atoms with E-state index in [1.165, 1.54) is 16.5 Å². The Morgan fingerprint density at radius 2 is 2.06 bits per heavy atom. The first-order valence-corrected chi connectivity index (χ1v) is 5.93. The van der Waals surface area contributed by atoms with Crippen molar-refractivity contribution in [3.05, 3.63) is 36.0 Å². The van der Waals surface area contributed by atoms with E-state index >= 15 is 0 Å². The van der Waals surface area contributed by atoms with Crippen molar-refractivity contribution in [3.8, 4) is 0 Å². The zero-order valence-electron chi connectivity index (χ0n) is 10.3. The molecule has 0 saturated heterocycles. The topological polar surface area (TPSA) is 17.0 Å². The smallest absolute Gasteiger partial charge is 0.0483 e. The van der Waals surface area contributed by atoms with Gasteiger partial charge in [-0.25, -0.2) is 0 Å². The normalized spacial score (nSPS) is 11.5. The van der Waals surface area contributed by atoms with Gasteiger partial charge in [0.25, 0.3) is 0 Å². The van der Waals surface area contributed by atoms with Gasteiger partial charge in [0.15, 0.2) is 0 Å². The molecule has 1 aromatic heterocycles. The number of hydrogen-bond donors (Lipinski definition) is 1. The van der Waals surface area contributed by atoms with Gasteiger partial charge in [0.1, 0.15) is 0 Å². The molecule has 2 nitrogen and oxygen atoms in total. The number of rotatable bonds is 4. The standard InChI is InChI=1S/C14H20N2/c1-11(2)10-16-7-6-13-5-4-12(9-15-3)8-14(13)16/h4-8,11,15H,9-10H2,1-3H3. The highest BCUT2D eigenvalue weighted by atomic mass is 15.0. The van der Waals surface area contributed by atoms with Crippen molar-refractivity contribution in [2.75, 3.05) is 7.05 Å². The van der Waals surface area contributed by atoms with E-state index < -0.39 is 0 Å². The highest BCUT2D eigenvalue weighted by molar-refractivity contribution is 5.80. The fourth-order valence-electron chi connectivity index (χ4n) is 2.10. The maximum absolute atomic E-state index is 3.19. The van der Waals surface area contributed by atoms with Crippen LogP contribution in [0.2, 0.25) is 0 Å². The van der Waals surface area contributed by atoms with E-state index in [0.29, 0.717) is 5.92 Å². The summed E-state index contributed by atoms with van der Waals surface area (Å²) in [4.78, 5) is 0. The Morgan fingerprint density at radius 3 is 2.75 bits per heavy atom. The summed E-state index contributed by atoms with van der Waals surface area (Å²) in [5.41, 5.74) is 2.69. The summed E-state index contributed by atoms with van der Waals surface area (Å²) < 4.78 is 2.35. The van der Waals surface area contributed by atoms with Gasteiger partial charge in [-0.15, -0.1) is 0 Å². The maximum Gasteiger partial charge on any atom is 0.0483 e. The summed E-state index contributed by atoms with van der Waals surface area (Å²) in [5.74, 6) is 0.684. The average Bonchev–Trinajstić information content (AvgIpc) is 2.61. The zero-order chi connectivity index (χ0) is 11.5. The van der Waals surface area contributed by atoms with Crippen LogP contribution in [0.5, 0.6) is 0 Å². The lowest BCUT2D eigenvalue weighted by atomic mass is 10.1. The van der Waals surface area contributed by atoms with E-state index in [-0.39, 0.29) is 0 Å². The molecule has 0 atom stereocenters. The van der Waals surface area contributed by atoms with Gasteiger partial charge in [0.05, 0.1) is 0 Å². The van der Waals surface area contributed by atoms with E-state index in [9.17, 15) is 0 Å². The monoisotopic (exact) mass is 216 g/mol.